The van der Waals surface area contributed by atoms with Crippen molar-refractivity contribution in [3.63, 3.8) is 0 Å². The summed E-state index contributed by atoms with van der Waals surface area (Å²) in [4.78, 5) is 28.0. The summed E-state index contributed by atoms with van der Waals surface area (Å²) in [6, 6.07) is 8.10. The third-order valence-electron chi connectivity index (χ3n) is 7.43. The Labute approximate surface area is 258 Å². The van der Waals surface area contributed by atoms with Gasteiger partial charge in [0.2, 0.25) is 0 Å². The molecule has 238 valence electrons. The molecule has 2 atom stereocenters. The van der Waals surface area contributed by atoms with Crippen molar-refractivity contribution < 1.29 is 14.3 Å². The molecule has 1 aromatic rings. The molecule has 3 rings (SSSR count). The summed E-state index contributed by atoms with van der Waals surface area (Å²) in [7, 11) is 0. The first-order valence-corrected chi connectivity index (χ1v) is 16.6. The zero-order chi connectivity index (χ0) is 31.6. The van der Waals surface area contributed by atoms with Gasteiger partial charge in [-0.15, -0.1) is 0 Å². The van der Waals surface area contributed by atoms with Gasteiger partial charge in [-0.3, -0.25) is 14.5 Å². The van der Waals surface area contributed by atoms with Crippen LogP contribution in [0.5, 0.6) is 0 Å². The lowest BCUT2D eigenvalue weighted by Crippen LogP contribution is -2.47. The van der Waals surface area contributed by atoms with Crippen molar-refractivity contribution in [2.75, 3.05) is 37.6 Å². The summed E-state index contributed by atoms with van der Waals surface area (Å²) in [6.45, 7) is 27.3. The predicted octanol–water partition coefficient (Wildman–Crippen LogP) is 9.45. The first-order valence-electron chi connectivity index (χ1n) is 16.2. The summed E-state index contributed by atoms with van der Waals surface area (Å²) < 4.78 is 5.83. The number of halogens is 1. The van der Waals surface area contributed by atoms with Gasteiger partial charge in [0.15, 0.2) is 0 Å². The number of hydrogen-bond donors (Lipinski definition) is 0. The first kappa shape index (κ1) is 39.4. The van der Waals surface area contributed by atoms with E-state index in [0.29, 0.717) is 0 Å². The van der Waals surface area contributed by atoms with E-state index >= 15 is 0 Å². The zero-order valence-corrected chi connectivity index (χ0v) is 29.2. The molecular weight excluding hydrogens is 532 g/mol. The number of cyclic esters (lactones) is 1. The molecule has 0 radical (unpaired) electrons. The molecule has 0 bridgehead atoms. The molecule has 0 N–H and O–H groups in total. The molecule has 0 aliphatic carbocycles. The summed E-state index contributed by atoms with van der Waals surface area (Å²) in [5, 5.41) is 0.793. The maximum Gasteiger partial charge on any atom is 0.312 e. The Morgan fingerprint density at radius 2 is 1.61 bits per heavy atom. The molecule has 1 aromatic carbocycles. The Hall–Kier alpha value is -1.59. The Balaban J connectivity index is 0.00000104. The number of nitrogens with zero attached hydrogens (tertiary/aromatic N) is 2. The Morgan fingerprint density at radius 3 is 2.07 bits per heavy atom. The highest BCUT2D eigenvalue weighted by Gasteiger charge is 2.47. The molecule has 41 heavy (non-hydrogen) atoms. The first-order chi connectivity index (χ1) is 19.2. The highest BCUT2D eigenvalue weighted by Crippen LogP contribution is 2.43. The number of rotatable bonds is 9. The molecule has 6 heteroatoms. The standard InChI is InChI=1S/C23H35ClN2O2.C6H12O.C4H10.C2H6/c1-3-5-11-23(10-4-2)18-21(28-22(23)27)9-12-25-13-15-26(16-14-25)20-8-6-7-19(24)17-20;1-5(7)6(2,3)4;1-4(2)3;1-2/h6-8,17,21H,3-5,9-16,18H2,1-2H3;1-4H3;4H,1-3H3;1-2H3. The van der Waals surface area contributed by atoms with Crippen molar-refractivity contribution in [3.05, 3.63) is 29.3 Å². The largest absolute Gasteiger partial charge is 0.462 e. The van der Waals surface area contributed by atoms with Crippen LogP contribution in [0.1, 0.15) is 121 Å². The van der Waals surface area contributed by atoms with E-state index in [1.54, 1.807) is 6.92 Å². The molecule has 0 amide bonds. The van der Waals surface area contributed by atoms with E-state index in [9.17, 15) is 9.59 Å². The van der Waals surface area contributed by atoms with Gasteiger partial charge < -0.3 is 9.64 Å². The Kier molecular flexibility index (Phi) is 19.6. The molecule has 2 saturated heterocycles. The summed E-state index contributed by atoms with van der Waals surface area (Å²) >= 11 is 6.13. The molecule has 2 aliphatic heterocycles. The van der Waals surface area contributed by atoms with Crippen LogP contribution in [0.15, 0.2) is 24.3 Å². The van der Waals surface area contributed by atoms with Crippen molar-refractivity contribution in [2.24, 2.45) is 16.7 Å². The highest BCUT2D eigenvalue weighted by molar-refractivity contribution is 6.30. The fourth-order valence-corrected chi connectivity index (χ4v) is 4.94. The van der Waals surface area contributed by atoms with Crippen LogP contribution in [0.4, 0.5) is 5.69 Å². The van der Waals surface area contributed by atoms with Crippen LogP contribution < -0.4 is 4.90 Å². The molecule has 2 fully saturated rings. The quantitative estimate of drug-likeness (QED) is 0.266. The van der Waals surface area contributed by atoms with Gasteiger partial charge in [-0.1, -0.05) is 106 Å². The fraction of sp³-hybridized carbons (Fsp3) is 0.771. The third kappa shape index (κ3) is 15.4. The van der Waals surface area contributed by atoms with Crippen LogP contribution in [-0.4, -0.2) is 55.5 Å². The van der Waals surface area contributed by atoms with Crippen molar-refractivity contribution in [1.82, 2.24) is 4.90 Å². The summed E-state index contributed by atoms with van der Waals surface area (Å²) in [6.07, 6.45) is 7.25. The minimum absolute atomic E-state index is 0.0681. The van der Waals surface area contributed by atoms with Gasteiger partial charge >= 0.3 is 5.97 Å². The number of ketones is 1. The molecular formula is C35H63ClN2O3. The number of anilines is 1. The van der Waals surface area contributed by atoms with E-state index < -0.39 is 0 Å². The Bertz CT molecular complexity index is 856. The van der Waals surface area contributed by atoms with E-state index in [0.717, 1.165) is 88.6 Å². The smallest absolute Gasteiger partial charge is 0.312 e. The SMILES string of the molecule is CC.CC(=O)C(C)(C)C.CC(C)C.CCCCC1(CCC)CC(CCN2CCN(c3cccc(Cl)c3)CC2)OC1=O. The van der Waals surface area contributed by atoms with Crippen molar-refractivity contribution in [1.29, 1.82) is 0 Å². The number of carbonyl (C=O) groups excluding carboxylic acids is 2. The van der Waals surface area contributed by atoms with Crippen LogP contribution in [0.3, 0.4) is 0 Å². The number of carbonyl (C=O) groups is 2. The third-order valence-corrected chi connectivity index (χ3v) is 7.67. The van der Waals surface area contributed by atoms with E-state index in [1.165, 1.54) is 5.69 Å². The van der Waals surface area contributed by atoms with Crippen molar-refractivity contribution in [2.45, 2.75) is 127 Å². The lowest BCUT2D eigenvalue weighted by molar-refractivity contribution is -0.149. The highest BCUT2D eigenvalue weighted by atomic mass is 35.5. The average Bonchev–Trinajstić information content (AvgIpc) is 3.22. The lowest BCUT2D eigenvalue weighted by atomic mass is 9.76. The maximum atomic E-state index is 12.6. The second kappa shape index (κ2) is 20.3. The van der Waals surface area contributed by atoms with E-state index in [1.807, 2.05) is 52.8 Å². The minimum Gasteiger partial charge on any atom is -0.462 e. The van der Waals surface area contributed by atoms with Crippen LogP contribution >= 0.6 is 11.6 Å². The van der Waals surface area contributed by atoms with Gasteiger partial charge in [0.1, 0.15) is 11.9 Å². The topological polar surface area (TPSA) is 49.9 Å². The number of hydrogen-bond acceptors (Lipinski definition) is 5. The van der Waals surface area contributed by atoms with Crippen LogP contribution in [0.25, 0.3) is 0 Å². The fourth-order valence-electron chi connectivity index (χ4n) is 4.75. The van der Waals surface area contributed by atoms with E-state index in [4.69, 9.17) is 16.3 Å². The van der Waals surface area contributed by atoms with Gasteiger partial charge in [-0.2, -0.15) is 0 Å². The van der Waals surface area contributed by atoms with Crippen LogP contribution in [0.2, 0.25) is 5.02 Å². The number of unbranched alkanes of at least 4 members (excludes halogenated alkanes) is 1. The Morgan fingerprint density at radius 1 is 1.05 bits per heavy atom. The van der Waals surface area contributed by atoms with Gasteiger partial charge in [0.25, 0.3) is 0 Å². The molecule has 5 nitrogen and oxygen atoms in total. The number of ether oxygens (including phenoxy) is 1. The average molecular weight is 595 g/mol. The summed E-state index contributed by atoms with van der Waals surface area (Å²) in [5.41, 5.74) is 0.859. The maximum absolute atomic E-state index is 12.6. The number of benzene rings is 1. The minimum atomic E-state index is -0.208. The molecule has 0 spiro atoms. The van der Waals surface area contributed by atoms with Crippen LogP contribution in [-0.2, 0) is 14.3 Å². The monoisotopic (exact) mass is 594 g/mol. The number of piperazine rings is 1. The molecule has 2 aliphatic rings. The van der Waals surface area contributed by atoms with Gasteiger partial charge in [0.05, 0.1) is 5.41 Å². The molecule has 2 unspecified atom stereocenters. The predicted molar refractivity (Wildman–Crippen MR) is 178 cm³/mol. The molecule has 2 heterocycles. The normalized spacial score (nSPS) is 20.7. The zero-order valence-electron chi connectivity index (χ0n) is 28.4. The summed E-state index contributed by atoms with van der Waals surface area (Å²) in [5.74, 6) is 1.14. The van der Waals surface area contributed by atoms with Gasteiger partial charge in [-0.25, -0.2) is 0 Å². The molecule has 0 aromatic heterocycles. The number of esters is 1. The van der Waals surface area contributed by atoms with Crippen LogP contribution in [0, 0.1) is 16.7 Å². The molecule has 0 saturated carbocycles. The van der Waals surface area contributed by atoms with Gasteiger partial charge in [-0.05, 0) is 50.3 Å². The number of Topliss-reactive ketones (excluding diaryl/α,β-unsaturated/α-hetero) is 1. The van der Waals surface area contributed by atoms with Gasteiger partial charge in [0, 0.05) is 55.3 Å². The van der Waals surface area contributed by atoms with E-state index in [-0.39, 0.29) is 28.7 Å². The second-order valence-corrected chi connectivity index (χ2v) is 13.4. The lowest BCUT2D eigenvalue weighted by Gasteiger charge is -2.36. The van der Waals surface area contributed by atoms with Crippen molar-refractivity contribution >= 4 is 29.0 Å². The van der Waals surface area contributed by atoms with Crippen molar-refractivity contribution in [3.8, 4) is 0 Å². The second-order valence-electron chi connectivity index (χ2n) is 13.0. The van der Waals surface area contributed by atoms with E-state index in [2.05, 4.69) is 50.5 Å².